The number of urea groups is 1. The van der Waals surface area contributed by atoms with E-state index in [4.69, 9.17) is 28.5 Å². The Morgan fingerprint density at radius 3 is 1.98 bits per heavy atom. The molecule has 3 amide bonds. The van der Waals surface area contributed by atoms with Gasteiger partial charge in [-0.15, -0.1) is 0 Å². The number of carbonyl (C=O) groups excluding carboxylic acids is 3. The number of amides is 3. The lowest BCUT2D eigenvalue weighted by Gasteiger charge is -2.25. The summed E-state index contributed by atoms with van der Waals surface area (Å²) in [6, 6.07) is 12.7. The van der Waals surface area contributed by atoms with Crippen molar-refractivity contribution >= 4 is 18.1 Å². The quantitative estimate of drug-likeness (QED) is 0.0857. The minimum absolute atomic E-state index is 0.244. The molecule has 1 aromatic heterocycles. The highest BCUT2D eigenvalue weighted by atomic mass is 16.6. The van der Waals surface area contributed by atoms with Crippen LogP contribution in [0.5, 0.6) is 11.5 Å². The molecule has 1 aliphatic rings. The average Bonchev–Trinajstić information content (AvgIpc) is 3.83. The third-order valence-electron chi connectivity index (χ3n) is 8.84. The fraction of sp³-hybridized carbons (Fsp3) is 0.585. The van der Waals surface area contributed by atoms with E-state index in [0.717, 1.165) is 61.2 Å². The summed E-state index contributed by atoms with van der Waals surface area (Å²) in [5, 5.41) is 10.1. The fourth-order valence-electron chi connectivity index (χ4n) is 5.87. The number of hydrogen-bond donors (Lipinski definition) is 2. The largest absolute Gasteiger partial charge is 0.494 e. The van der Waals surface area contributed by atoms with Crippen molar-refractivity contribution in [3.8, 4) is 11.5 Å². The molecule has 2 heterocycles. The predicted octanol–water partition coefficient (Wildman–Crippen LogP) is 8.04. The lowest BCUT2D eigenvalue weighted by molar-refractivity contribution is -0.146. The number of alkyl carbamates (subject to hydrolysis) is 1. The van der Waals surface area contributed by atoms with Crippen LogP contribution in [0.25, 0.3) is 0 Å². The van der Waals surface area contributed by atoms with Crippen LogP contribution >= 0.6 is 0 Å². The van der Waals surface area contributed by atoms with Gasteiger partial charge in [0.15, 0.2) is 5.82 Å². The number of nitrogens with zero attached hydrogens (tertiary/aromatic N) is 3. The number of esters is 1. The maximum atomic E-state index is 13.8. The topological polar surface area (TPSA) is 154 Å². The Morgan fingerprint density at radius 1 is 0.833 bits per heavy atom. The third kappa shape index (κ3) is 13.6. The zero-order valence-electron chi connectivity index (χ0n) is 32.9. The number of nitrogens with one attached hydrogen (secondary N) is 2. The smallest absolute Gasteiger partial charge is 0.408 e. The maximum Gasteiger partial charge on any atom is 0.408 e. The molecule has 0 radical (unpaired) electrons. The molecule has 0 aliphatic carbocycles. The van der Waals surface area contributed by atoms with Gasteiger partial charge in [-0.1, -0.05) is 69.5 Å². The maximum absolute atomic E-state index is 13.8. The van der Waals surface area contributed by atoms with Crippen LogP contribution in [-0.4, -0.2) is 71.1 Å². The predicted molar refractivity (Wildman–Crippen MR) is 204 cm³/mol. The van der Waals surface area contributed by atoms with Gasteiger partial charge in [0.1, 0.15) is 29.2 Å². The number of carbonyl (C=O) groups is 3. The van der Waals surface area contributed by atoms with Crippen LogP contribution in [0.1, 0.15) is 128 Å². The molecule has 0 bridgehead atoms. The van der Waals surface area contributed by atoms with Gasteiger partial charge in [0.05, 0.1) is 25.9 Å². The van der Waals surface area contributed by atoms with E-state index >= 15 is 0 Å². The number of ether oxygens (including phenoxy) is 4. The summed E-state index contributed by atoms with van der Waals surface area (Å²) >= 11 is 0. The standard InChI is InChI=1S/C41H59N5O8/c1-7-10-24-50-31-19-15-29(16-20-31)27-33(43-40(49)53-41(4,5)6)36-44-37(54-45-36)35-14-13-23-46(35)39(48)42-34(38(47)52-26-12-9-3)28-30-17-21-32(22-18-30)51-25-11-8-2/h15-22,33-35H,7-14,23-28H2,1-6H3,(H,42,48)(H,43,49)/t33-,34-,35-/m0/s1. The van der Waals surface area contributed by atoms with Crippen LogP contribution in [0.3, 0.4) is 0 Å². The van der Waals surface area contributed by atoms with Crippen LogP contribution in [0, 0.1) is 0 Å². The lowest BCUT2D eigenvalue weighted by Crippen LogP contribution is -2.49. The summed E-state index contributed by atoms with van der Waals surface area (Å²) in [6.07, 6.45) is 6.91. The molecule has 3 atom stereocenters. The van der Waals surface area contributed by atoms with E-state index in [2.05, 4.69) is 29.6 Å². The number of likely N-dealkylation sites (tertiary alicyclic amines) is 1. The van der Waals surface area contributed by atoms with Crippen LogP contribution in [0.2, 0.25) is 0 Å². The lowest BCUT2D eigenvalue weighted by atomic mass is 10.1. The Morgan fingerprint density at radius 2 is 1.41 bits per heavy atom. The van der Waals surface area contributed by atoms with Gasteiger partial charge in [0, 0.05) is 19.4 Å². The minimum atomic E-state index is -0.911. The van der Waals surface area contributed by atoms with E-state index < -0.39 is 41.8 Å². The second-order valence-corrected chi connectivity index (χ2v) is 14.7. The van der Waals surface area contributed by atoms with Crippen LogP contribution in [0.15, 0.2) is 53.1 Å². The van der Waals surface area contributed by atoms with Gasteiger partial charge in [-0.3, -0.25) is 0 Å². The molecule has 2 N–H and O–H groups in total. The fourth-order valence-corrected chi connectivity index (χ4v) is 5.87. The molecule has 13 heteroatoms. The SMILES string of the molecule is CCCCOC(=O)[C@H](Cc1ccc(OCCCC)cc1)NC(=O)N1CCC[C@H]1c1nc([C@H](Cc2ccc(OCCCC)cc2)NC(=O)OC(C)(C)C)no1. The molecule has 1 aliphatic heterocycles. The normalized spacial score (nSPS) is 15.3. The summed E-state index contributed by atoms with van der Waals surface area (Å²) < 4.78 is 28.5. The van der Waals surface area contributed by atoms with Gasteiger partial charge in [-0.05, 0) is 88.3 Å². The first-order valence-corrected chi connectivity index (χ1v) is 19.5. The van der Waals surface area contributed by atoms with Crippen molar-refractivity contribution < 1.29 is 37.9 Å². The first-order chi connectivity index (χ1) is 26.0. The molecular weight excluding hydrogens is 690 g/mol. The number of rotatable bonds is 20. The van der Waals surface area contributed by atoms with Crippen molar-refractivity contribution in [2.24, 2.45) is 0 Å². The highest BCUT2D eigenvalue weighted by molar-refractivity contribution is 5.84. The molecule has 1 fully saturated rings. The molecule has 54 heavy (non-hydrogen) atoms. The first-order valence-electron chi connectivity index (χ1n) is 19.5. The summed E-state index contributed by atoms with van der Waals surface area (Å²) in [4.78, 5) is 46.4. The van der Waals surface area contributed by atoms with Gasteiger partial charge in [0.25, 0.3) is 0 Å². The molecule has 0 spiro atoms. The van der Waals surface area contributed by atoms with Crippen molar-refractivity contribution in [1.29, 1.82) is 0 Å². The van der Waals surface area contributed by atoms with E-state index in [1.807, 2.05) is 55.5 Å². The monoisotopic (exact) mass is 749 g/mol. The van der Waals surface area contributed by atoms with Crippen molar-refractivity contribution in [1.82, 2.24) is 25.7 Å². The Kier molecular flexibility index (Phi) is 16.4. The van der Waals surface area contributed by atoms with E-state index in [1.165, 1.54) is 0 Å². The molecule has 296 valence electrons. The highest BCUT2D eigenvalue weighted by Gasteiger charge is 2.37. The molecule has 0 unspecified atom stereocenters. The van der Waals surface area contributed by atoms with E-state index in [0.29, 0.717) is 39.0 Å². The van der Waals surface area contributed by atoms with E-state index in [1.54, 1.807) is 25.7 Å². The Labute approximate surface area is 319 Å². The number of hydrogen-bond acceptors (Lipinski definition) is 10. The third-order valence-corrected chi connectivity index (χ3v) is 8.84. The second-order valence-electron chi connectivity index (χ2n) is 14.7. The second kappa shape index (κ2) is 21.2. The molecule has 0 saturated carbocycles. The number of benzene rings is 2. The minimum Gasteiger partial charge on any atom is -0.494 e. The highest BCUT2D eigenvalue weighted by Crippen LogP contribution is 2.32. The summed E-state index contributed by atoms with van der Waals surface area (Å²) in [6.45, 7) is 13.6. The van der Waals surface area contributed by atoms with Crippen LogP contribution in [0.4, 0.5) is 9.59 Å². The Bertz CT molecular complexity index is 1590. The number of unbranched alkanes of at least 4 members (excludes halogenated alkanes) is 3. The zero-order chi connectivity index (χ0) is 38.9. The van der Waals surface area contributed by atoms with E-state index in [9.17, 15) is 14.4 Å². The molecule has 1 saturated heterocycles. The molecule has 4 rings (SSSR count). The van der Waals surface area contributed by atoms with Gasteiger partial charge in [-0.2, -0.15) is 4.98 Å². The van der Waals surface area contributed by atoms with Crippen LogP contribution < -0.4 is 20.1 Å². The van der Waals surface area contributed by atoms with E-state index in [-0.39, 0.29) is 24.7 Å². The van der Waals surface area contributed by atoms with Crippen molar-refractivity contribution in [2.75, 3.05) is 26.4 Å². The molecule has 3 aromatic rings. The zero-order valence-corrected chi connectivity index (χ0v) is 32.9. The Hall–Kier alpha value is -4.81. The van der Waals surface area contributed by atoms with Crippen molar-refractivity contribution in [3.05, 3.63) is 71.4 Å². The first kappa shape index (κ1) is 41.9. The summed E-state index contributed by atoms with van der Waals surface area (Å²) in [5.74, 6) is 1.53. The number of aromatic nitrogens is 2. The van der Waals surface area contributed by atoms with Gasteiger partial charge in [0.2, 0.25) is 5.89 Å². The Balaban J connectivity index is 1.48. The average molecular weight is 750 g/mol. The summed E-state index contributed by atoms with van der Waals surface area (Å²) in [7, 11) is 0. The van der Waals surface area contributed by atoms with Crippen molar-refractivity contribution in [3.63, 3.8) is 0 Å². The molecule has 2 aromatic carbocycles. The molecular formula is C41H59N5O8. The summed E-state index contributed by atoms with van der Waals surface area (Å²) in [5.41, 5.74) is 1.07. The van der Waals surface area contributed by atoms with Gasteiger partial charge >= 0.3 is 18.1 Å². The van der Waals surface area contributed by atoms with Gasteiger partial charge < -0.3 is 39.0 Å². The molecule has 13 nitrogen and oxygen atoms in total. The van der Waals surface area contributed by atoms with Crippen LogP contribution in [-0.2, 0) is 27.1 Å². The van der Waals surface area contributed by atoms with Gasteiger partial charge in [-0.25, -0.2) is 14.4 Å². The van der Waals surface area contributed by atoms with Crippen molar-refractivity contribution in [2.45, 2.75) is 129 Å².